The van der Waals surface area contributed by atoms with E-state index < -0.39 is 0 Å². The van der Waals surface area contributed by atoms with Crippen molar-refractivity contribution >= 4 is 0 Å². The van der Waals surface area contributed by atoms with Crippen molar-refractivity contribution in [2.75, 3.05) is 7.05 Å². The van der Waals surface area contributed by atoms with Crippen LogP contribution >= 0.6 is 0 Å². The van der Waals surface area contributed by atoms with Gasteiger partial charge in [0.1, 0.15) is 0 Å². The highest BCUT2D eigenvalue weighted by Crippen LogP contribution is 2.32. The number of hydrogen-bond donors (Lipinski definition) is 1. The minimum Gasteiger partial charge on any atom is -0.310 e. The Labute approximate surface area is 104 Å². The van der Waals surface area contributed by atoms with Crippen molar-refractivity contribution < 1.29 is 0 Å². The molecule has 1 unspecified atom stereocenters. The Morgan fingerprint density at radius 2 is 1.94 bits per heavy atom. The summed E-state index contributed by atoms with van der Waals surface area (Å²) >= 11 is 0. The summed E-state index contributed by atoms with van der Waals surface area (Å²) < 4.78 is 0. The van der Waals surface area contributed by atoms with Crippen molar-refractivity contribution in [1.82, 2.24) is 5.32 Å². The molecule has 0 aromatic heterocycles. The van der Waals surface area contributed by atoms with Gasteiger partial charge < -0.3 is 5.32 Å². The molecule has 1 atom stereocenters. The summed E-state index contributed by atoms with van der Waals surface area (Å²) in [6.45, 7) is 0. The van der Waals surface area contributed by atoms with E-state index in [0.717, 1.165) is 0 Å². The minimum atomic E-state index is 0.448. The van der Waals surface area contributed by atoms with Crippen LogP contribution in [-0.4, -0.2) is 7.05 Å². The number of fused-ring (bicyclic) bond motifs is 1. The number of hydrogen-bond acceptors (Lipinski definition) is 1. The van der Waals surface area contributed by atoms with Gasteiger partial charge in [0.25, 0.3) is 0 Å². The van der Waals surface area contributed by atoms with Gasteiger partial charge in [-0.3, -0.25) is 0 Å². The van der Waals surface area contributed by atoms with Gasteiger partial charge in [-0.25, -0.2) is 0 Å². The molecule has 0 radical (unpaired) electrons. The molecule has 17 heavy (non-hydrogen) atoms. The molecule has 2 aliphatic carbocycles. The Balaban J connectivity index is 1.91. The second kappa shape index (κ2) is 4.66. The molecule has 0 bridgehead atoms. The molecule has 0 heterocycles. The maximum Gasteiger partial charge on any atom is 0.0533 e. The third-order valence-corrected chi connectivity index (χ3v) is 4.19. The molecule has 0 spiro atoms. The monoisotopic (exact) mass is 227 g/mol. The van der Waals surface area contributed by atoms with Crippen LogP contribution in [0.1, 0.15) is 48.4 Å². The van der Waals surface area contributed by atoms with Crippen molar-refractivity contribution in [1.29, 1.82) is 0 Å². The third-order valence-electron chi connectivity index (χ3n) is 4.19. The van der Waals surface area contributed by atoms with Crippen molar-refractivity contribution in [2.24, 2.45) is 0 Å². The molecule has 1 aromatic rings. The fraction of sp³-hybridized carbons (Fsp3) is 0.500. The summed E-state index contributed by atoms with van der Waals surface area (Å²) in [5, 5.41) is 3.48. The molecule has 1 N–H and O–H groups in total. The lowest BCUT2D eigenvalue weighted by molar-refractivity contribution is 0.655. The van der Waals surface area contributed by atoms with E-state index in [1.807, 2.05) is 0 Å². The predicted molar refractivity (Wildman–Crippen MR) is 72.2 cm³/mol. The summed E-state index contributed by atoms with van der Waals surface area (Å²) in [5.41, 5.74) is 6.21. The molecule has 90 valence electrons. The molecule has 1 heteroatoms. The summed E-state index contributed by atoms with van der Waals surface area (Å²) in [5.74, 6) is 0. The van der Waals surface area contributed by atoms with Crippen LogP contribution in [0.5, 0.6) is 0 Å². The van der Waals surface area contributed by atoms with Crippen molar-refractivity contribution in [3.05, 3.63) is 46.5 Å². The molecule has 1 nitrogen and oxygen atoms in total. The SMILES string of the molecule is CNC(C1=CCCC1)c1ccc2c(c1)CCC2. The highest BCUT2D eigenvalue weighted by molar-refractivity contribution is 5.39. The molecule has 0 amide bonds. The quantitative estimate of drug-likeness (QED) is 0.779. The summed E-state index contributed by atoms with van der Waals surface area (Å²) in [6.07, 6.45) is 10.2. The Morgan fingerprint density at radius 3 is 2.71 bits per heavy atom. The first-order chi connectivity index (χ1) is 8.38. The highest BCUT2D eigenvalue weighted by Gasteiger charge is 2.19. The first-order valence-corrected chi connectivity index (χ1v) is 6.86. The zero-order valence-electron chi connectivity index (χ0n) is 10.6. The largest absolute Gasteiger partial charge is 0.310 e. The topological polar surface area (TPSA) is 12.0 Å². The first kappa shape index (κ1) is 11.0. The van der Waals surface area contributed by atoms with Crippen LogP contribution in [-0.2, 0) is 12.8 Å². The fourth-order valence-electron chi connectivity index (χ4n) is 3.30. The third kappa shape index (κ3) is 2.04. The summed E-state index contributed by atoms with van der Waals surface area (Å²) in [7, 11) is 2.08. The number of rotatable bonds is 3. The number of allylic oxidation sites excluding steroid dienone is 1. The van der Waals surface area contributed by atoms with Gasteiger partial charge >= 0.3 is 0 Å². The average molecular weight is 227 g/mol. The number of benzene rings is 1. The lowest BCUT2D eigenvalue weighted by Crippen LogP contribution is -2.18. The smallest absolute Gasteiger partial charge is 0.0533 e. The Hall–Kier alpha value is -1.08. The van der Waals surface area contributed by atoms with Crippen LogP contribution in [0.25, 0.3) is 0 Å². The van der Waals surface area contributed by atoms with Crippen molar-refractivity contribution in [3.8, 4) is 0 Å². The summed E-state index contributed by atoms with van der Waals surface area (Å²) in [6, 6.07) is 7.55. The normalized spacial score (nSPS) is 20.2. The van der Waals surface area contributed by atoms with Gasteiger partial charge in [-0.2, -0.15) is 0 Å². The zero-order chi connectivity index (χ0) is 11.7. The highest BCUT2D eigenvalue weighted by atomic mass is 14.9. The van der Waals surface area contributed by atoms with Crippen LogP contribution < -0.4 is 5.32 Å². The van der Waals surface area contributed by atoms with E-state index >= 15 is 0 Å². The molecule has 2 aliphatic rings. The number of nitrogens with one attached hydrogen (secondary N) is 1. The van der Waals surface area contributed by atoms with Crippen LogP contribution in [0.15, 0.2) is 29.8 Å². The van der Waals surface area contributed by atoms with Crippen LogP contribution in [0.3, 0.4) is 0 Å². The van der Waals surface area contributed by atoms with E-state index in [1.54, 1.807) is 16.7 Å². The number of likely N-dealkylation sites (N-methyl/N-ethyl adjacent to an activating group) is 1. The molecule has 0 aliphatic heterocycles. The molecular weight excluding hydrogens is 206 g/mol. The first-order valence-electron chi connectivity index (χ1n) is 6.86. The second-order valence-corrected chi connectivity index (χ2v) is 5.27. The van der Waals surface area contributed by atoms with E-state index in [4.69, 9.17) is 0 Å². The van der Waals surface area contributed by atoms with Crippen LogP contribution in [0.2, 0.25) is 0 Å². The van der Waals surface area contributed by atoms with Crippen LogP contribution in [0, 0.1) is 0 Å². The molecule has 3 rings (SSSR count). The van der Waals surface area contributed by atoms with Crippen molar-refractivity contribution in [2.45, 2.75) is 44.6 Å². The summed E-state index contributed by atoms with van der Waals surface area (Å²) in [4.78, 5) is 0. The van der Waals surface area contributed by atoms with Gasteiger partial charge in [0.05, 0.1) is 6.04 Å². The lowest BCUT2D eigenvalue weighted by Gasteiger charge is -2.19. The fourth-order valence-corrected chi connectivity index (χ4v) is 3.30. The molecule has 0 saturated heterocycles. The second-order valence-electron chi connectivity index (χ2n) is 5.27. The van der Waals surface area contributed by atoms with Crippen molar-refractivity contribution in [3.63, 3.8) is 0 Å². The Kier molecular flexibility index (Phi) is 3.02. The Morgan fingerprint density at radius 1 is 1.06 bits per heavy atom. The molecule has 1 aromatic carbocycles. The van der Waals surface area contributed by atoms with Gasteiger partial charge in [0.2, 0.25) is 0 Å². The molecular formula is C16H21N. The van der Waals surface area contributed by atoms with Gasteiger partial charge in [-0.1, -0.05) is 29.8 Å². The average Bonchev–Trinajstić information content (AvgIpc) is 2.99. The van der Waals surface area contributed by atoms with E-state index in [1.165, 1.54) is 44.1 Å². The predicted octanol–water partition coefficient (Wildman–Crippen LogP) is 3.55. The number of aryl methyl sites for hydroxylation is 2. The van der Waals surface area contributed by atoms with Gasteiger partial charge in [-0.15, -0.1) is 0 Å². The van der Waals surface area contributed by atoms with E-state index in [-0.39, 0.29) is 0 Å². The van der Waals surface area contributed by atoms with Crippen LogP contribution in [0.4, 0.5) is 0 Å². The maximum atomic E-state index is 3.48. The lowest BCUT2D eigenvalue weighted by atomic mass is 9.95. The van der Waals surface area contributed by atoms with E-state index in [9.17, 15) is 0 Å². The zero-order valence-corrected chi connectivity index (χ0v) is 10.6. The van der Waals surface area contributed by atoms with Gasteiger partial charge in [0, 0.05) is 0 Å². The standard InChI is InChI=1S/C16H21N/c1-17-16(13-5-2-3-6-13)15-10-9-12-7-4-8-14(12)11-15/h5,9-11,16-17H,2-4,6-8H2,1H3. The molecule has 0 fully saturated rings. The maximum absolute atomic E-state index is 3.48. The Bertz CT molecular complexity index is 445. The molecule has 0 saturated carbocycles. The van der Waals surface area contributed by atoms with Gasteiger partial charge in [0.15, 0.2) is 0 Å². The van der Waals surface area contributed by atoms with E-state index in [2.05, 4.69) is 36.6 Å². The minimum absolute atomic E-state index is 0.448. The van der Waals surface area contributed by atoms with E-state index in [0.29, 0.717) is 6.04 Å². The van der Waals surface area contributed by atoms with Gasteiger partial charge in [-0.05, 0) is 62.3 Å².